The van der Waals surface area contributed by atoms with Crippen LogP contribution in [0.5, 0.6) is 0 Å². The lowest BCUT2D eigenvalue weighted by molar-refractivity contribution is -0.206. The fourth-order valence-electron chi connectivity index (χ4n) is 1.26. The molecule has 0 bridgehead atoms. The summed E-state index contributed by atoms with van der Waals surface area (Å²) in [5.74, 6) is -2.41. The summed E-state index contributed by atoms with van der Waals surface area (Å²) in [6.45, 7) is 2.48. The third kappa shape index (κ3) is 3.99. The molecule has 1 unspecified atom stereocenters. The summed E-state index contributed by atoms with van der Waals surface area (Å²) in [4.78, 5) is 11.6. The topological polar surface area (TPSA) is 37.3 Å². The van der Waals surface area contributed by atoms with Gasteiger partial charge in [-0.05, 0) is 26.7 Å². The maximum absolute atomic E-state index is 12.6. The zero-order chi connectivity index (χ0) is 14.6. The molecule has 0 amide bonds. The molecule has 0 aliphatic heterocycles. The number of carbonyl (C=O) groups is 1. The van der Waals surface area contributed by atoms with Gasteiger partial charge in [-0.2, -0.15) is 13.2 Å². The first-order chi connectivity index (χ1) is 8.07. The van der Waals surface area contributed by atoms with Crippen LogP contribution in [0.25, 0.3) is 0 Å². The fourth-order valence-corrected chi connectivity index (χ4v) is 1.26. The summed E-state index contributed by atoms with van der Waals surface area (Å²) in [6, 6.07) is 0. The molecule has 0 rings (SSSR count). The molecule has 106 valence electrons. The van der Waals surface area contributed by atoms with Crippen LogP contribution in [-0.4, -0.2) is 23.7 Å². The van der Waals surface area contributed by atoms with Crippen LogP contribution in [0, 0.1) is 11.3 Å². The largest absolute Gasteiger partial charge is 0.511 e. The Kier molecular flexibility index (Phi) is 5.83. The summed E-state index contributed by atoms with van der Waals surface area (Å²) in [7, 11) is 0. The first kappa shape index (κ1) is 16.9. The Labute approximate surface area is 104 Å². The number of halogens is 4. The van der Waals surface area contributed by atoms with E-state index in [4.69, 9.17) is 0 Å². The molecule has 0 aromatic rings. The number of hydrogen-bond acceptors (Lipinski definition) is 2. The van der Waals surface area contributed by atoms with Crippen molar-refractivity contribution in [1.82, 2.24) is 0 Å². The molecule has 0 aliphatic rings. The van der Waals surface area contributed by atoms with E-state index >= 15 is 0 Å². The maximum Gasteiger partial charge on any atom is 0.400 e. The Morgan fingerprint density at radius 3 is 2.17 bits per heavy atom. The minimum absolute atomic E-state index is 0.0500. The van der Waals surface area contributed by atoms with Crippen LogP contribution in [0.2, 0.25) is 0 Å². The average Bonchev–Trinajstić information content (AvgIpc) is 2.23. The lowest BCUT2D eigenvalue weighted by Crippen LogP contribution is -2.34. The van der Waals surface area contributed by atoms with Crippen molar-refractivity contribution in [3.8, 4) is 0 Å². The Hall–Kier alpha value is -1.07. The summed E-state index contributed by atoms with van der Waals surface area (Å²) in [5.41, 5.74) is -2.49. The second kappa shape index (κ2) is 6.20. The van der Waals surface area contributed by atoms with Gasteiger partial charge in [0.25, 0.3) is 0 Å². The molecular weight excluding hydrogens is 252 g/mol. The number of allylic oxidation sites excluding steroid dienone is 2. The van der Waals surface area contributed by atoms with Crippen molar-refractivity contribution >= 4 is 5.78 Å². The molecule has 0 fully saturated rings. The molecule has 6 heteroatoms. The van der Waals surface area contributed by atoms with Gasteiger partial charge in [-0.1, -0.05) is 6.92 Å². The molecule has 0 heterocycles. The van der Waals surface area contributed by atoms with Gasteiger partial charge >= 0.3 is 6.18 Å². The number of rotatable bonds is 6. The third-order valence-electron chi connectivity index (χ3n) is 2.98. The molecule has 1 N–H and O–H groups in total. The number of aliphatic hydroxyl groups excluding tert-OH is 1. The van der Waals surface area contributed by atoms with E-state index in [2.05, 4.69) is 0 Å². The van der Waals surface area contributed by atoms with E-state index in [0.29, 0.717) is 12.5 Å². The van der Waals surface area contributed by atoms with E-state index in [1.165, 1.54) is 0 Å². The minimum Gasteiger partial charge on any atom is -0.511 e. The number of aliphatic hydroxyl groups is 1. The van der Waals surface area contributed by atoms with Crippen molar-refractivity contribution in [3.05, 3.63) is 11.8 Å². The van der Waals surface area contributed by atoms with E-state index in [-0.39, 0.29) is 6.42 Å². The average molecular weight is 270 g/mol. The van der Waals surface area contributed by atoms with E-state index in [9.17, 15) is 27.5 Å². The van der Waals surface area contributed by atoms with Crippen LogP contribution >= 0.6 is 0 Å². The van der Waals surface area contributed by atoms with E-state index < -0.39 is 35.7 Å². The van der Waals surface area contributed by atoms with Gasteiger partial charge in [0.05, 0.1) is 6.67 Å². The van der Waals surface area contributed by atoms with Crippen molar-refractivity contribution < 1.29 is 27.5 Å². The van der Waals surface area contributed by atoms with E-state index in [1.54, 1.807) is 6.92 Å². The third-order valence-corrected chi connectivity index (χ3v) is 2.98. The number of ketones is 1. The molecule has 0 aromatic carbocycles. The highest BCUT2D eigenvalue weighted by Gasteiger charge is 2.50. The minimum atomic E-state index is -4.66. The number of hydrogen-bond donors (Lipinski definition) is 1. The van der Waals surface area contributed by atoms with Gasteiger partial charge in [-0.25, -0.2) is 0 Å². The van der Waals surface area contributed by atoms with Crippen molar-refractivity contribution in [2.75, 3.05) is 6.67 Å². The first-order valence-electron chi connectivity index (χ1n) is 5.65. The summed E-state index contributed by atoms with van der Waals surface area (Å²) < 4.78 is 49.9. The summed E-state index contributed by atoms with van der Waals surface area (Å²) in [6.07, 6.45) is -3.82. The summed E-state index contributed by atoms with van der Waals surface area (Å²) >= 11 is 0. The van der Waals surface area contributed by atoms with Gasteiger partial charge in [0.15, 0.2) is 5.78 Å². The smallest absolute Gasteiger partial charge is 0.400 e. The highest BCUT2D eigenvalue weighted by atomic mass is 19.4. The predicted molar refractivity (Wildman–Crippen MR) is 59.9 cm³/mol. The Morgan fingerprint density at radius 2 is 1.83 bits per heavy atom. The molecule has 18 heavy (non-hydrogen) atoms. The van der Waals surface area contributed by atoms with Gasteiger partial charge in [-0.3, -0.25) is 9.18 Å². The predicted octanol–water partition coefficient (Wildman–Crippen LogP) is 3.97. The van der Waals surface area contributed by atoms with Crippen LogP contribution < -0.4 is 0 Å². The lowest BCUT2D eigenvalue weighted by Gasteiger charge is -2.27. The molecule has 1 atom stereocenters. The molecular formula is C12H18F4O2. The zero-order valence-corrected chi connectivity index (χ0v) is 10.6. The van der Waals surface area contributed by atoms with Gasteiger partial charge in [-0.15, -0.1) is 0 Å². The highest BCUT2D eigenvalue weighted by molar-refractivity contribution is 5.92. The van der Waals surface area contributed by atoms with Crippen molar-refractivity contribution in [2.45, 2.75) is 39.8 Å². The highest BCUT2D eigenvalue weighted by Crippen LogP contribution is 2.42. The van der Waals surface area contributed by atoms with Crippen LogP contribution in [0.1, 0.15) is 33.6 Å². The quantitative estimate of drug-likeness (QED) is 0.450. The van der Waals surface area contributed by atoms with Gasteiger partial charge in [0.1, 0.15) is 11.2 Å². The monoisotopic (exact) mass is 270 g/mol. The standard InChI is InChI=1S/C12H18F4O2/c1-4-8(5-6-13)9(17)7-10(18)11(2,3)12(14,15)16/h7-8,18H,4-6H2,1-3H3/b10-7-. The van der Waals surface area contributed by atoms with Crippen LogP contribution in [0.4, 0.5) is 17.6 Å². The molecule has 0 radical (unpaired) electrons. The zero-order valence-electron chi connectivity index (χ0n) is 10.6. The van der Waals surface area contributed by atoms with Crippen molar-refractivity contribution in [3.63, 3.8) is 0 Å². The van der Waals surface area contributed by atoms with Gasteiger partial charge < -0.3 is 5.11 Å². The fraction of sp³-hybridized carbons (Fsp3) is 0.750. The van der Waals surface area contributed by atoms with Crippen LogP contribution in [0.15, 0.2) is 11.8 Å². The van der Waals surface area contributed by atoms with Crippen molar-refractivity contribution in [1.29, 1.82) is 0 Å². The molecule has 0 aromatic heterocycles. The first-order valence-corrected chi connectivity index (χ1v) is 5.65. The normalized spacial score (nSPS) is 15.6. The second-order valence-electron chi connectivity index (χ2n) is 4.64. The number of carbonyl (C=O) groups excluding carboxylic acids is 1. The second-order valence-corrected chi connectivity index (χ2v) is 4.64. The Bertz CT molecular complexity index is 319. The molecule has 0 spiro atoms. The number of alkyl halides is 4. The summed E-state index contributed by atoms with van der Waals surface area (Å²) in [5, 5.41) is 9.42. The molecule has 2 nitrogen and oxygen atoms in total. The SMILES string of the molecule is CCC(CCF)C(=O)/C=C(\O)C(C)(C)C(F)(F)F. The van der Waals surface area contributed by atoms with Crippen LogP contribution in [-0.2, 0) is 4.79 Å². The molecule has 0 saturated carbocycles. The maximum atomic E-state index is 12.6. The lowest BCUT2D eigenvalue weighted by atomic mass is 9.87. The van der Waals surface area contributed by atoms with Gasteiger partial charge in [0.2, 0.25) is 0 Å². The van der Waals surface area contributed by atoms with Crippen molar-refractivity contribution in [2.24, 2.45) is 11.3 Å². The van der Waals surface area contributed by atoms with E-state index in [0.717, 1.165) is 13.8 Å². The van der Waals surface area contributed by atoms with E-state index in [1.807, 2.05) is 0 Å². The molecule has 0 saturated heterocycles. The Balaban J connectivity index is 5.03. The Morgan fingerprint density at radius 1 is 1.33 bits per heavy atom. The van der Waals surface area contributed by atoms with Gasteiger partial charge in [0, 0.05) is 12.0 Å². The van der Waals surface area contributed by atoms with Crippen LogP contribution in [0.3, 0.4) is 0 Å². The molecule has 0 aliphatic carbocycles.